The highest BCUT2D eigenvalue weighted by atomic mass is 16.5. The van der Waals surface area contributed by atoms with Crippen LogP contribution in [0, 0.1) is 0 Å². The van der Waals surface area contributed by atoms with Crippen molar-refractivity contribution in [2.75, 3.05) is 39.4 Å². The number of rotatable bonds is 6. The lowest BCUT2D eigenvalue weighted by Crippen LogP contribution is -2.44. The molecule has 1 aliphatic heterocycles. The molecular formula is C15H24N2O2. The standard InChI is InChI=1S/C15H24N2O2/c1-2-17-9-10-18-15(11-17)12-19-14-5-3-13(4-6-14)7-8-16/h3-6,15H,2,7-12,16H2,1H3. The molecule has 1 aliphatic rings. The molecule has 1 fully saturated rings. The van der Waals surface area contributed by atoms with Crippen molar-refractivity contribution in [1.29, 1.82) is 0 Å². The molecule has 2 N–H and O–H groups in total. The van der Waals surface area contributed by atoms with E-state index in [1.807, 2.05) is 12.1 Å². The average molecular weight is 264 g/mol. The SMILES string of the molecule is CCN1CCOC(COc2ccc(CCN)cc2)C1. The summed E-state index contributed by atoms with van der Waals surface area (Å²) in [4.78, 5) is 2.39. The van der Waals surface area contributed by atoms with Gasteiger partial charge in [0.25, 0.3) is 0 Å². The van der Waals surface area contributed by atoms with Gasteiger partial charge in [0, 0.05) is 13.1 Å². The highest BCUT2D eigenvalue weighted by Crippen LogP contribution is 2.14. The van der Waals surface area contributed by atoms with Gasteiger partial charge in [-0.3, -0.25) is 4.90 Å². The zero-order valence-corrected chi connectivity index (χ0v) is 11.7. The predicted molar refractivity (Wildman–Crippen MR) is 76.5 cm³/mol. The molecule has 1 unspecified atom stereocenters. The molecule has 0 saturated carbocycles. The number of ether oxygens (including phenoxy) is 2. The zero-order valence-electron chi connectivity index (χ0n) is 11.7. The van der Waals surface area contributed by atoms with Crippen LogP contribution in [0.15, 0.2) is 24.3 Å². The molecule has 0 aromatic heterocycles. The largest absolute Gasteiger partial charge is 0.491 e. The summed E-state index contributed by atoms with van der Waals surface area (Å²) < 4.78 is 11.5. The highest BCUT2D eigenvalue weighted by Gasteiger charge is 2.19. The Morgan fingerprint density at radius 3 is 2.84 bits per heavy atom. The smallest absolute Gasteiger partial charge is 0.119 e. The number of likely N-dealkylation sites (N-methyl/N-ethyl adjacent to an activating group) is 1. The van der Waals surface area contributed by atoms with Gasteiger partial charge in [-0.25, -0.2) is 0 Å². The van der Waals surface area contributed by atoms with E-state index in [0.29, 0.717) is 13.2 Å². The fraction of sp³-hybridized carbons (Fsp3) is 0.600. The number of benzene rings is 1. The van der Waals surface area contributed by atoms with Crippen LogP contribution in [-0.2, 0) is 11.2 Å². The van der Waals surface area contributed by atoms with Crippen molar-refractivity contribution in [2.24, 2.45) is 5.73 Å². The molecule has 1 saturated heterocycles. The van der Waals surface area contributed by atoms with Crippen LogP contribution in [0.1, 0.15) is 12.5 Å². The maximum Gasteiger partial charge on any atom is 0.119 e. The molecule has 2 rings (SSSR count). The fourth-order valence-corrected chi connectivity index (χ4v) is 2.28. The van der Waals surface area contributed by atoms with E-state index in [0.717, 1.165) is 38.4 Å². The number of morpholine rings is 1. The van der Waals surface area contributed by atoms with Gasteiger partial charge in [0.15, 0.2) is 0 Å². The van der Waals surface area contributed by atoms with Crippen molar-refractivity contribution < 1.29 is 9.47 Å². The third kappa shape index (κ3) is 4.49. The molecule has 0 spiro atoms. The van der Waals surface area contributed by atoms with Crippen LogP contribution in [0.4, 0.5) is 0 Å². The van der Waals surface area contributed by atoms with Crippen LogP contribution < -0.4 is 10.5 Å². The Hall–Kier alpha value is -1.10. The van der Waals surface area contributed by atoms with Crippen LogP contribution in [0.25, 0.3) is 0 Å². The molecule has 0 bridgehead atoms. The molecular weight excluding hydrogens is 240 g/mol. The second kappa shape index (κ2) is 7.48. The molecule has 4 heteroatoms. The highest BCUT2D eigenvalue weighted by molar-refractivity contribution is 5.27. The van der Waals surface area contributed by atoms with Crippen LogP contribution in [0.5, 0.6) is 5.75 Å². The minimum Gasteiger partial charge on any atom is -0.491 e. The Morgan fingerprint density at radius 1 is 1.37 bits per heavy atom. The summed E-state index contributed by atoms with van der Waals surface area (Å²) >= 11 is 0. The molecule has 0 aliphatic carbocycles. The lowest BCUT2D eigenvalue weighted by Gasteiger charge is -2.31. The second-order valence-corrected chi connectivity index (χ2v) is 4.88. The molecule has 1 heterocycles. The van der Waals surface area contributed by atoms with Gasteiger partial charge in [0.2, 0.25) is 0 Å². The topological polar surface area (TPSA) is 47.7 Å². The maximum absolute atomic E-state index is 5.79. The molecule has 1 aromatic carbocycles. The number of hydrogen-bond acceptors (Lipinski definition) is 4. The van der Waals surface area contributed by atoms with E-state index < -0.39 is 0 Å². The third-order valence-corrected chi connectivity index (χ3v) is 3.46. The number of nitrogens with zero attached hydrogens (tertiary/aromatic N) is 1. The first-order valence-corrected chi connectivity index (χ1v) is 7.07. The first-order valence-electron chi connectivity index (χ1n) is 7.07. The Balaban J connectivity index is 1.78. The van der Waals surface area contributed by atoms with E-state index in [2.05, 4.69) is 24.0 Å². The van der Waals surface area contributed by atoms with Gasteiger partial charge in [0.05, 0.1) is 6.61 Å². The summed E-state index contributed by atoms with van der Waals surface area (Å²) in [5.41, 5.74) is 6.78. The first kappa shape index (κ1) is 14.3. The van der Waals surface area contributed by atoms with Gasteiger partial charge in [-0.15, -0.1) is 0 Å². The summed E-state index contributed by atoms with van der Waals surface area (Å²) in [6, 6.07) is 8.15. The van der Waals surface area contributed by atoms with E-state index in [9.17, 15) is 0 Å². The first-order chi connectivity index (χ1) is 9.31. The van der Waals surface area contributed by atoms with Crippen molar-refractivity contribution in [3.05, 3.63) is 29.8 Å². The van der Waals surface area contributed by atoms with Gasteiger partial charge in [0.1, 0.15) is 18.5 Å². The quantitative estimate of drug-likeness (QED) is 0.841. The normalized spacial score (nSPS) is 20.4. The fourth-order valence-electron chi connectivity index (χ4n) is 2.28. The van der Waals surface area contributed by atoms with Crippen LogP contribution >= 0.6 is 0 Å². The second-order valence-electron chi connectivity index (χ2n) is 4.88. The summed E-state index contributed by atoms with van der Waals surface area (Å²) in [5, 5.41) is 0. The van der Waals surface area contributed by atoms with Crippen molar-refractivity contribution in [3.8, 4) is 5.75 Å². The molecule has 1 atom stereocenters. The van der Waals surface area contributed by atoms with E-state index in [1.54, 1.807) is 0 Å². The lowest BCUT2D eigenvalue weighted by molar-refractivity contribution is -0.0464. The van der Waals surface area contributed by atoms with Gasteiger partial charge in [-0.2, -0.15) is 0 Å². The Kier molecular flexibility index (Phi) is 5.63. The van der Waals surface area contributed by atoms with Gasteiger partial charge >= 0.3 is 0 Å². The van der Waals surface area contributed by atoms with E-state index in [-0.39, 0.29) is 6.10 Å². The van der Waals surface area contributed by atoms with E-state index in [1.165, 1.54) is 5.56 Å². The Labute approximate surface area is 115 Å². The summed E-state index contributed by atoms with van der Waals surface area (Å²) in [5.74, 6) is 0.901. The van der Waals surface area contributed by atoms with Crippen molar-refractivity contribution in [1.82, 2.24) is 4.90 Å². The van der Waals surface area contributed by atoms with E-state index >= 15 is 0 Å². The zero-order chi connectivity index (χ0) is 13.5. The van der Waals surface area contributed by atoms with Gasteiger partial charge in [-0.1, -0.05) is 19.1 Å². The lowest BCUT2D eigenvalue weighted by atomic mass is 10.1. The van der Waals surface area contributed by atoms with Crippen LogP contribution in [-0.4, -0.2) is 50.4 Å². The molecule has 106 valence electrons. The Morgan fingerprint density at radius 2 is 2.16 bits per heavy atom. The minimum atomic E-state index is 0.178. The number of hydrogen-bond donors (Lipinski definition) is 1. The maximum atomic E-state index is 5.79. The summed E-state index contributed by atoms with van der Waals surface area (Å²) in [6.07, 6.45) is 1.09. The molecule has 0 amide bonds. The van der Waals surface area contributed by atoms with E-state index in [4.69, 9.17) is 15.2 Å². The monoisotopic (exact) mass is 264 g/mol. The van der Waals surface area contributed by atoms with Crippen molar-refractivity contribution >= 4 is 0 Å². The van der Waals surface area contributed by atoms with Crippen LogP contribution in [0.3, 0.4) is 0 Å². The van der Waals surface area contributed by atoms with Crippen LogP contribution in [0.2, 0.25) is 0 Å². The third-order valence-electron chi connectivity index (χ3n) is 3.46. The molecule has 1 aromatic rings. The molecule has 4 nitrogen and oxygen atoms in total. The molecule has 0 radical (unpaired) electrons. The summed E-state index contributed by atoms with van der Waals surface area (Å²) in [6.45, 7) is 7.35. The van der Waals surface area contributed by atoms with Crippen molar-refractivity contribution in [3.63, 3.8) is 0 Å². The number of nitrogens with two attached hydrogens (primary N) is 1. The predicted octanol–water partition coefficient (Wildman–Crippen LogP) is 1.29. The molecule has 19 heavy (non-hydrogen) atoms. The average Bonchev–Trinajstić information content (AvgIpc) is 2.47. The van der Waals surface area contributed by atoms with Gasteiger partial charge < -0.3 is 15.2 Å². The Bertz CT molecular complexity index is 367. The summed E-state index contributed by atoms with van der Waals surface area (Å²) in [7, 11) is 0. The van der Waals surface area contributed by atoms with Gasteiger partial charge in [-0.05, 0) is 37.2 Å². The minimum absolute atomic E-state index is 0.178. The van der Waals surface area contributed by atoms with Crippen molar-refractivity contribution in [2.45, 2.75) is 19.4 Å².